The summed E-state index contributed by atoms with van der Waals surface area (Å²) in [7, 11) is 0. The molecule has 0 radical (unpaired) electrons. The number of rotatable bonds is 6. The van der Waals surface area contributed by atoms with Gasteiger partial charge in [-0.3, -0.25) is 0 Å². The number of carboxylic acids is 1. The van der Waals surface area contributed by atoms with Crippen molar-refractivity contribution in [1.82, 2.24) is 5.32 Å². The van der Waals surface area contributed by atoms with E-state index in [9.17, 15) is 9.59 Å². The lowest BCUT2D eigenvalue weighted by atomic mass is 10.1. The highest BCUT2D eigenvalue weighted by molar-refractivity contribution is 5.89. The number of anilines is 1. The summed E-state index contributed by atoms with van der Waals surface area (Å²) in [6.07, 6.45) is 0.313. The van der Waals surface area contributed by atoms with Gasteiger partial charge in [-0.1, -0.05) is 0 Å². The number of aromatic carboxylic acids is 1. The second-order valence-electron chi connectivity index (χ2n) is 6.04. The van der Waals surface area contributed by atoms with Crippen molar-refractivity contribution in [2.45, 2.75) is 39.7 Å². The van der Waals surface area contributed by atoms with Crippen molar-refractivity contribution in [2.24, 2.45) is 0 Å². The Morgan fingerprint density at radius 2 is 1.91 bits per heavy atom. The Balaban J connectivity index is 2.29. The van der Waals surface area contributed by atoms with E-state index in [1.165, 1.54) is 0 Å². The van der Waals surface area contributed by atoms with E-state index in [-0.39, 0.29) is 0 Å². The third kappa shape index (κ3) is 6.47. The average Bonchev–Trinajstić information content (AvgIpc) is 2.35. The van der Waals surface area contributed by atoms with Crippen LogP contribution in [0, 0.1) is 6.92 Å². The summed E-state index contributed by atoms with van der Waals surface area (Å²) in [5, 5.41) is 14.8. The zero-order chi connectivity index (χ0) is 16.8. The minimum Gasteiger partial charge on any atom is -0.478 e. The van der Waals surface area contributed by atoms with Crippen LogP contribution in [-0.2, 0) is 4.74 Å². The van der Waals surface area contributed by atoms with Gasteiger partial charge in [-0.05, 0) is 57.9 Å². The molecule has 0 saturated heterocycles. The van der Waals surface area contributed by atoms with Gasteiger partial charge in [0.2, 0.25) is 0 Å². The molecule has 0 heterocycles. The van der Waals surface area contributed by atoms with E-state index < -0.39 is 17.7 Å². The van der Waals surface area contributed by atoms with Gasteiger partial charge in [0.15, 0.2) is 0 Å². The Bertz CT molecular complexity index is 535. The van der Waals surface area contributed by atoms with Crippen LogP contribution in [-0.4, -0.2) is 35.9 Å². The second kappa shape index (κ2) is 7.68. The van der Waals surface area contributed by atoms with E-state index in [4.69, 9.17) is 9.84 Å². The van der Waals surface area contributed by atoms with E-state index in [1.807, 2.05) is 20.8 Å². The predicted octanol–water partition coefficient (Wildman–Crippen LogP) is 3.02. The standard InChI is InChI=1S/C16H24N2O4/c1-11-10-12(6-7-13(11)14(19)20)17-8-5-9-18-15(21)22-16(2,3)4/h6-7,10,17H,5,8-9H2,1-4H3,(H,18,21)(H,19,20). The van der Waals surface area contributed by atoms with E-state index in [1.54, 1.807) is 25.1 Å². The number of carbonyl (C=O) groups excluding carboxylic acids is 1. The molecule has 0 saturated carbocycles. The normalized spacial score (nSPS) is 10.9. The fourth-order valence-electron chi connectivity index (χ4n) is 1.84. The molecular formula is C16H24N2O4. The molecule has 1 amide bonds. The summed E-state index contributed by atoms with van der Waals surface area (Å²) < 4.78 is 5.13. The minimum atomic E-state index is -0.925. The molecule has 0 unspecified atom stereocenters. The summed E-state index contributed by atoms with van der Waals surface area (Å²) >= 11 is 0. The largest absolute Gasteiger partial charge is 0.478 e. The number of amides is 1. The first kappa shape index (κ1) is 17.8. The molecule has 1 rings (SSSR count). The average molecular weight is 308 g/mol. The molecule has 0 aromatic heterocycles. The highest BCUT2D eigenvalue weighted by Gasteiger charge is 2.15. The Morgan fingerprint density at radius 3 is 2.45 bits per heavy atom. The minimum absolute atomic E-state index is 0.303. The van der Waals surface area contributed by atoms with Crippen LogP contribution in [0.1, 0.15) is 43.1 Å². The zero-order valence-electron chi connectivity index (χ0n) is 13.5. The molecule has 6 heteroatoms. The highest BCUT2D eigenvalue weighted by Crippen LogP contribution is 2.15. The molecule has 1 aromatic carbocycles. The second-order valence-corrected chi connectivity index (χ2v) is 6.04. The molecule has 22 heavy (non-hydrogen) atoms. The monoisotopic (exact) mass is 308 g/mol. The number of hydrogen-bond acceptors (Lipinski definition) is 4. The van der Waals surface area contributed by atoms with Crippen molar-refractivity contribution in [3.8, 4) is 0 Å². The van der Waals surface area contributed by atoms with Crippen LogP contribution >= 0.6 is 0 Å². The van der Waals surface area contributed by atoms with Crippen LogP contribution in [0.25, 0.3) is 0 Å². The van der Waals surface area contributed by atoms with Gasteiger partial charge < -0.3 is 20.5 Å². The first-order chi connectivity index (χ1) is 10.2. The fraction of sp³-hybridized carbons (Fsp3) is 0.500. The maximum Gasteiger partial charge on any atom is 0.407 e. The molecule has 0 fully saturated rings. The van der Waals surface area contributed by atoms with Crippen molar-refractivity contribution < 1.29 is 19.4 Å². The maximum absolute atomic E-state index is 11.4. The van der Waals surface area contributed by atoms with Crippen LogP contribution in [0.5, 0.6) is 0 Å². The van der Waals surface area contributed by atoms with Crippen molar-refractivity contribution in [3.63, 3.8) is 0 Å². The van der Waals surface area contributed by atoms with E-state index >= 15 is 0 Å². The summed E-state index contributed by atoms with van der Waals surface area (Å²) in [5.41, 5.74) is 1.38. The number of hydrogen-bond donors (Lipinski definition) is 3. The molecule has 0 aliphatic carbocycles. The van der Waals surface area contributed by atoms with Gasteiger partial charge in [0.25, 0.3) is 0 Å². The molecular weight excluding hydrogens is 284 g/mol. The molecule has 0 bridgehead atoms. The van der Waals surface area contributed by atoms with Crippen LogP contribution in [0.2, 0.25) is 0 Å². The Kier molecular flexibility index (Phi) is 6.22. The lowest BCUT2D eigenvalue weighted by Gasteiger charge is -2.19. The molecule has 6 nitrogen and oxygen atoms in total. The number of nitrogens with one attached hydrogen (secondary N) is 2. The van der Waals surface area contributed by atoms with E-state index in [0.717, 1.165) is 12.1 Å². The number of carboxylic acid groups (broad SMARTS) is 1. The van der Waals surface area contributed by atoms with E-state index in [2.05, 4.69) is 10.6 Å². The smallest absolute Gasteiger partial charge is 0.407 e. The van der Waals surface area contributed by atoms with Crippen LogP contribution in [0.4, 0.5) is 10.5 Å². The van der Waals surface area contributed by atoms with Crippen LogP contribution in [0.15, 0.2) is 18.2 Å². The van der Waals surface area contributed by atoms with Gasteiger partial charge in [0, 0.05) is 18.8 Å². The number of ether oxygens (including phenoxy) is 1. The highest BCUT2D eigenvalue weighted by atomic mass is 16.6. The molecule has 1 aromatic rings. The molecule has 0 aliphatic rings. The zero-order valence-corrected chi connectivity index (χ0v) is 13.5. The van der Waals surface area contributed by atoms with Crippen molar-refractivity contribution in [3.05, 3.63) is 29.3 Å². The molecule has 122 valence electrons. The summed E-state index contributed by atoms with van der Waals surface area (Å²) in [5.74, 6) is -0.925. The van der Waals surface area contributed by atoms with Crippen LogP contribution < -0.4 is 10.6 Å². The molecule has 0 spiro atoms. The number of benzene rings is 1. The first-order valence-electron chi connectivity index (χ1n) is 7.24. The van der Waals surface area contributed by atoms with Gasteiger partial charge >= 0.3 is 12.1 Å². The summed E-state index contributed by atoms with van der Waals surface area (Å²) in [4.78, 5) is 22.4. The Hall–Kier alpha value is -2.24. The number of aryl methyl sites for hydroxylation is 1. The summed E-state index contributed by atoms with van der Waals surface area (Å²) in [6, 6.07) is 5.11. The topological polar surface area (TPSA) is 87.7 Å². The fourth-order valence-corrected chi connectivity index (χ4v) is 1.84. The molecule has 0 aliphatic heterocycles. The van der Waals surface area contributed by atoms with Gasteiger partial charge in [-0.15, -0.1) is 0 Å². The van der Waals surface area contributed by atoms with Crippen molar-refractivity contribution >= 4 is 17.7 Å². The first-order valence-corrected chi connectivity index (χ1v) is 7.24. The van der Waals surface area contributed by atoms with Gasteiger partial charge in [0.1, 0.15) is 5.60 Å². The SMILES string of the molecule is Cc1cc(NCCCNC(=O)OC(C)(C)C)ccc1C(=O)O. The van der Waals surface area contributed by atoms with Gasteiger partial charge in [-0.2, -0.15) is 0 Å². The molecule has 3 N–H and O–H groups in total. The number of carbonyl (C=O) groups is 2. The Morgan fingerprint density at radius 1 is 1.23 bits per heavy atom. The van der Waals surface area contributed by atoms with Gasteiger partial charge in [0.05, 0.1) is 5.56 Å². The maximum atomic E-state index is 11.4. The lowest BCUT2D eigenvalue weighted by molar-refractivity contribution is 0.0527. The van der Waals surface area contributed by atoms with Gasteiger partial charge in [-0.25, -0.2) is 9.59 Å². The lowest BCUT2D eigenvalue weighted by Crippen LogP contribution is -2.33. The summed E-state index contributed by atoms with van der Waals surface area (Å²) in [6.45, 7) is 8.39. The van der Waals surface area contributed by atoms with Crippen LogP contribution in [0.3, 0.4) is 0 Å². The predicted molar refractivity (Wildman–Crippen MR) is 85.5 cm³/mol. The van der Waals surface area contributed by atoms with Crippen molar-refractivity contribution in [1.29, 1.82) is 0 Å². The third-order valence-electron chi connectivity index (χ3n) is 2.81. The third-order valence-corrected chi connectivity index (χ3v) is 2.81. The van der Waals surface area contributed by atoms with E-state index in [0.29, 0.717) is 24.2 Å². The quantitative estimate of drug-likeness (QED) is 0.703. The Labute approximate surface area is 130 Å². The molecule has 0 atom stereocenters. The number of alkyl carbamates (subject to hydrolysis) is 1. The van der Waals surface area contributed by atoms with Crippen molar-refractivity contribution in [2.75, 3.05) is 18.4 Å².